The molecule has 21 heavy (non-hydrogen) atoms. The number of hydrogen-bond acceptors (Lipinski definition) is 5. The minimum atomic E-state index is -0.0234. The summed E-state index contributed by atoms with van der Waals surface area (Å²) in [5, 5.41) is 8.26. The summed E-state index contributed by atoms with van der Waals surface area (Å²) in [5.41, 5.74) is 3.00. The number of hydrogen-bond donors (Lipinski definition) is 0. The lowest BCUT2D eigenvalue weighted by molar-refractivity contribution is 0.0759. The smallest absolute Gasteiger partial charge is 0.266 e. The van der Waals surface area contributed by atoms with E-state index in [0.717, 1.165) is 36.8 Å². The SMILES string of the molecule is Cc1ccc(=O)n(CC2CN(Cc3c(C)noc3C)C2)n1. The molecule has 0 saturated carbocycles. The number of aromatic nitrogens is 3. The van der Waals surface area contributed by atoms with E-state index in [1.165, 1.54) is 5.56 Å². The van der Waals surface area contributed by atoms with Crippen LogP contribution < -0.4 is 5.56 Å². The van der Waals surface area contributed by atoms with E-state index in [9.17, 15) is 4.79 Å². The van der Waals surface area contributed by atoms with E-state index in [1.807, 2.05) is 20.8 Å². The number of aryl methyl sites for hydroxylation is 3. The fraction of sp³-hybridized carbons (Fsp3) is 0.533. The average molecular weight is 288 g/mol. The molecule has 0 N–H and O–H groups in total. The summed E-state index contributed by atoms with van der Waals surface area (Å²) >= 11 is 0. The molecule has 1 saturated heterocycles. The molecule has 2 aromatic rings. The molecule has 0 aliphatic carbocycles. The molecule has 0 spiro atoms. The highest BCUT2D eigenvalue weighted by Gasteiger charge is 2.28. The second kappa shape index (κ2) is 5.44. The number of likely N-dealkylation sites (tertiary alicyclic amines) is 1. The second-order valence-electron chi connectivity index (χ2n) is 5.86. The van der Waals surface area contributed by atoms with E-state index in [-0.39, 0.29) is 5.56 Å². The van der Waals surface area contributed by atoms with Crippen molar-refractivity contribution >= 4 is 0 Å². The molecule has 1 aliphatic rings. The zero-order valence-electron chi connectivity index (χ0n) is 12.7. The highest BCUT2D eigenvalue weighted by molar-refractivity contribution is 5.20. The van der Waals surface area contributed by atoms with Crippen LogP contribution in [0, 0.1) is 26.7 Å². The van der Waals surface area contributed by atoms with Gasteiger partial charge in [0.2, 0.25) is 0 Å². The molecule has 1 aliphatic heterocycles. The van der Waals surface area contributed by atoms with Crippen molar-refractivity contribution in [3.63, 3.8) is 0 Å². The van der Waals surface area contributed by atoms with Gasteiger partial charge in [-0.05, 0) is 26.8 Å². The number of rotatable bonds is 4. The maximum absolute atomic E-state index is 11.7. The first-order valence-electron chi connectivity index (χ1n) is 7.22. The Morgan fingerprint density at radius 1 is 1.29 bits per heavy atom. The van der Waals surface area contributed by atoms with Crippen molar-refractivity contribution in [1.82, 2.24) is 19.8 Å². The van der Waals surface area contributed by atoms with Gasteiger partial charge in [0, 0.05) is 37.2 Å². The average Bonchev–Trinajstić information content (AvgIpc) is 2.71. The molecule has 0 unspecified atom stereocenters. The standard InChI is InChI=1S/C15H20N4O2/c1-10-4-5-15(20)19(16-10)8-13-6-18(7-13)9-14-11(2)17-21-12(14)3/h4-5,13H,6-9H2,1-3H3. The van der Waals surface area contributed by atoms with Crippen molar-refractivity contribution in [1.29, 1.82) is 0 Å². The first kappa shape index (κ1) is 14.0. The summed E-state index contributed by atoms with van der Waals surface area (Å²) in [4.78, 5) is 14.1. The van der Waals surface area contributed by atoms with E-state index in [1.54, 1.807) is 16.8 Å². The van der Waals surface area contributed by atoms with Crippen molar-refractivity contribution in [2.45, 2.75) is 33.9 Å². The van der Waals surface area contributed by atoms with Crippen molar-refractivity contribution in [3.05, 3.63) is 45.2 Å². The first-order chi connectivity index (χ1) is 10.0. The molecule has 3 rings (SSSR count). The van der Waals surface area contributed by atoms with Crippen molar-refractivity contribution in [2.24, 2.45) is 5.92 Å². The molecule has 0 atom stereocenters. The van der Waals surface area contributed by atoms with Crippen molar-refractivity contribution < 1.29 is 4.52 Å². The molecular formula is C15H20N4O2. The zero-order valence-corrected chi connectivity index (χ0v) is 12.7. The highest BCUT2D eigenvalue weighted by atomic mass is 16.5. The monoisotopic (exact) mass is 288 g/mol. The predicted octanol–water partition coefficient (Wildman–Crippen LogP) is 1.29. The minimum Gasteiger partial charge on any atom is -0.361 e. The Balaban J connectivity index is 1.57. The molecule has 1 fully saturated rings. The lowest BCUT2D eigenvalue weighted by Gasteiger charge is -2.39. The van der Waals surface area contributed by atoms with Crippen LogP contribution in [0.3, 0.4) is 0 Å². The van der Waals surface area contributed by atoms with Crippen LogP contribution in [0.1, 0.15) is 22.7 Å². The lowest BCUT2D eigenvalue weighted by atomic mass is 9.99. The predicted molar refractivity (Wildman–Crippen MR) is 78.0 cm³/mol. The molecule has 0 amide bonds. The lowest BCUT2D eigenvalue weighted by Crippen LogP contribution is -2.49. The maximum Gasteiger partial charge on any atom is 0.266 e. The maximum atomic E-state index is 11.7. The third-order valence-electron chi connectivity index (χ3n) is 4.03. The molecule has 2 aromatic heterocycles. The van der Waals surface area contributed by atoms with Gasteiger partial charge in [0.15, 0.2) is 0 Å². The zero-order chi connectivity index (χ0) is 15.0. The van der Waals surface area contributed by atoms with E-state index >= 15 is 0 Å². The summed E-state index contributed by atoms with van der Waals surface area (Å²) in [6, 6.07) is 3.34. The van der Waals surface area contributed by atoms with Gasteiger partial charge in [-0.1, -0.05) is 5.16 Å². The van der Waals surface area contributed by atoms with Crippen LogP contribution in [0.25, 0.3) is 0 Å². The van der Waals surface area contributed by atoms with Crippen molar-refractivity contribution in [3.8, 4) is 0 Å². The van der Waals surface area contributed by atoms with Gasteiger partial charge in [0.1, 0.15) is 5.76 Å². The molecule has 0 aromatic carbocycles. The number of nitrogens with zero attached hydrogens (tertiary/aromatic N) is 4. The molecule has 0 bridgehead atoms. The summed E-state index contributed by atoms with van der Waals surface area (Å²) < 4.78 is 6.76. The van der Waals surface area contributed by atoms with Gasteiger partial charge in [-0.3, -0.25) is 9.69 Å². The molecule has 6 nitrogen and oxygen atoms in total. The fourth-order valence-electron chi connectivity index (χ4n) is 2.80. The Bertz CT molecular complexity index is 678. The second-order valence-corrected chi connectivity index (χ2v) is 5.86. The minimum absolute atomic E-state index is 0.0234. The van der Waals surface area contributed by atoms with Crippen LogP contribution in [0.5, 0.6) is 0 Å². The molecule has 3 heterocycles. The molecule has 0 radical (unpaired) electrons. The Morgan fingerprint density at radius 3 is 2.71 bits per heavy atom. The normalized spacial score (nSPS) is 16.1. The quantitative estimate of drug-likeness (QED) is 0.848. The van der Waals surface area contributed by atoms with Gasteiger partial charge in [0.05, 0.1) is 17.9 Å². The van der Waals surface area contributed by atoms with Crippen molar-refractivity contribution in [2.75, 3.05) is 13.1 Å². The summed E-state index contributed by atoms with van der Waals surface area (Å²) in [7, 11) is 0. The van der Waals surface area contributed by atoms with Gasteiger partial charge in [-0.25, -0.2) is 4.68 Å². The van der Waals surface area contributed by atoms with Crippen LogP contribution in [-0.2, 0) is 13.1 Å². The van der Waals surface area contributed by atoms with Crippen LogP contribution in [0.15, 0.2) is 21.5 Å². The summed E-state index contributed by atoms with van der Waals surface area (Å²) in [6.07, 6.45) is 0. The van der Waals surface area contributed by atoms with Crippen LogP contribution in [-0.4, -0.2) is 32.9 Å². The van der Waals surface area contributed by atoms with E-state index in [2.05, 4.69) is 15.2 Å². The Kier molecular flexibility index (Phi) is 3.63. The third-order valence-corrected chi connectivity index (χ3v) is 4.03. The van der Waals surface area contributed by atoms with Gasteiger partial charge in [0.25, 0.3) is 5.56 Å². The Hall–Kier alpha value is -1.95. The third kappa shape index (κ3) is 2.90. The van der Waals surface area contributed by atoms with Crippen LogP contribution in [0.4, 0.5) is 0 Å². The fourth-order valence-corrected chi connectivity index (χ4v) is 2.80. The highest BCUT2D eigenvalue weighted by Crippen LogP contribution is 2.22. The van der Waals surface area contributed by atoms with Gasteiger partial charge >= 0.3 is 0 Å². The Morgan fingerprint density at radius 2 is 2.05 bits per heavy atom. The van der Waals surface area contributed by atoms with E-state index in [4.69, 9.17) is 4.52 Å². The molecular weight excluding hydrogens is 268 g/mol. The largest absolute Gasteiger partial charge is 0.361 e. The summed E-state index contributed by atoms with van der Waals surface area (Å²) in [6.45, 7) is 9.34. The van der Waals surface area contributed by atoms with E-state index in [0.29, 0.717) is 12.5 Å². The van der Waals surface area contributed by atoms with E-state index < -0.39 is 0 Å². The Labute approximate surface area is 123 Å². The molecule has 112 valence electrons. The van der Waals surface area contributed by atoms with Gasteiger partial charge in [-0.15, -0.1) is 0 Å². The van der Waals surface area contributed by atoms with Crippen LogP contribution >= 0.6 is 0 Å². The summed E-state index contributed by atoms with van der Waals surface area (Å²) in [5.74, 6) is 1.38. The van der Waals surface area contributed by atoms with Crippen LogP contribution in [0.2, 0.25) is 0 Å². The van der Waals surface area contributed by atoms with Gasteiger partial charge in [-0.2, -0.15) is 5.10 Å². The first-order valence-corrected chi connectivity index (χ1v) is 7.22. The molecule has 6 heteroatoms. The topological polar surface area (TPSA) is 64.2 Å². The van der Waals surface area contributed by atoms with Gasteiger partial charge < -0.3 is 4.52 Å².